The molecule has 0 radical (unpaired) electrons. The first-order valence-electron chi connectivity index (χ1n) is 8.62. The SMILES string of the molecule is O=C(CN1CCN(C(=O)Nc2ccc(F)cc2Cl)CC1)N1CCOCC1. The molecule has 0 atom stereocenters. The zero-order valence-corrected chi connectivity index (χ0v) is 15.2. The average molecular weight is 385 g/mol. The quantitative estimate of drug-likeness (QED) is 0.857. The van der Waals surface area contributed by atoms with Crippen molar-refractivity contribution < 1.29 is 18.7 Å². The lowest BCUT2D eigenvalue weighted by Gasteiger charge is -2.36. The number of rotatable bonds is 3. The van der Waals surface area contributed by atoms with Gasteiger partial charge in [-0.15, -0.1) is 0 Å². The van der Waals surface area contributed by atoms with Gasteiger partial charge in [0, 0.05) is 39.3 Å². The van der Waals surface area contributed by atoms with Gasteiger partial charge in [-0.25, -0.2) is 9.18 Å². The van der Waals surface area contributed by atoms with Crippen molar-refractivity contribution in [2.75, 3.05) is 64.3 Å². The van der Waals surface area contributed by atoms with Crippen LogP contribution in [0, 0.1) is 5.82 Å². The van der Waals surface area contributed by atoms with Crippen LogP contribution in [0.15, 0.2) is 18.2 Å². The molecule has 26 heavy (non-hydrogen) atoms. The van der Waals surface area contributed by atoms with Gasteiger partial charge in [0.1, 0.15) is 5.82 Å². The largest absolute Gasteiger partial charge is 0.378 e. The van der Waals surface area contributed by atoms with E-state index in [9.17, 15) is 14.0 Å². The maximum atomic E-state index is 13.1. The van der Waals surface area contributed by atoms with Crippen LogP contribution in [0.3, 0.4) is 0 Å². The predicted molar refractivity (Wildman–Crippen MR) is 95.8 cm³/mol. The Balaban J connectivity index is 1.45. The molecule has 3 rings (SSSR count). The van der Waals surface area contributed by atoms with E-state index in [4.69, 9.17) is 16.3 Å². The Morgan fingerprint density at radius 3 is 2.42 bits per heavy atom. The molecule has 7 nitrogen and oxygen atoms in total. The van der Waals surface area contributed by atoms with Gasteiger partial charge >= 0.3 is 6.03 Å². The number of halogens is 2. The number of amides is 3. The molecule has 1 N–H and O–H groups in total. The number of benzene rings is 1. The highest BCUT2D eigenvalue weighted by Gasteiger charge is 2.25. The van der Waals surface area contributed by atoms with Crippen LogP contribution < -0.4 is 5.32 Å². The standard InChI is InChI=1S/C17H22ClFN4O3/c18-14-11-13(19)1-2-15(14)20-17(25)23-5-3-21(4-6-23)12-16(24)22-7-9-26-10-8-22/h1-2,11H,3-10,12H2,(H,20,25). The number of morpholine rings is 1. The first kappa shape index (κ1) is 18.9. The van der Waals surface area contributed by atoms with Crippen LogP contribution in [0.25, 0.3) is 0 Å². The van der Waals surface area contributed by atoms with E-state index in [2.05, 4.69) is 5.32 Å². The Kier molecular flexibility index (Phi) is 6.29. The van der Waals surface area contributed by atoms with E-state index in [-0.39, 0.29) is 17.0 Å². The Morgan fingerprint density at radius 1 is 1.08 bits per heavy atom. The summed E-state index contributed by atoms with van der Waals surface area (Å²) in [7, 11) is 0. The van der Waals surface area contributed by atoms with Crippen molar-refractivity contribution in [2.24, 2.45) is 0 Å². The van der Waals surface area contributed by atoms with E-state index >= 15 is 0 Å². The number of urea groups is 1. The third-order valence-corrected chi connectivity index (χ3v) is 4.87. The van der Waals surface area contributed by atoms with Crippen molar-refractivity contribution in [3.63, 3.8) is 0 Å². The van der Waals surface area contributed by atoms with Gasteiger partial charge in [0.25, 0.3) is 0 Å². The van der Waals surface area contributed by atoms with E-state index in [1.807, 2.05) is 9.80 Å². The van der Waals surface area contributed by atoms with Gasteiger partial charge in [-0.05, 0) is 18.2 Å². The Hall–Kier alpha value is -1.90. The molecule has 0 aliphatic carbocycles. The van der Waals surface area contributed by atoms with Gasteiger partial charge < -0.3 is 19.9 Å². The fraction of sp³-hybridized carbons (Fsp3) is 0.529. The van der Waals surface area contributed by atoms with Crippen LogP contribution in [-0.4, -0.2) is 85.7 Å². The molecule has 2 saturated heterocycles. The number of piperazine rings is 1. The number of hydrogen-bond donors (Lipinski definition) is 1. The monoisotopic (exact) mass is 384 g/mol. The van der Waals surface area contributed by atoms with E-state index < -0.39 is 5.82 Å². The average Bonchev–Trinajstić information content (AvgIpc) is 2.65. The predicted octanol–water partition coefficient (Wildman–Crippen LogP) is 1.49. The van der Waals surface area contributed by atoms with Crippen molar-refractivity contribution in [3.8, 4) is 0 Å². The molecule has 0 unspecified atom stereocenters. The highest BCUT2D eigenvalue weighted by Crippen LogP contribution is 2.22. The minimum absolute atomic E-state index is 0.101. The first-order chi connectivity index (χ1) is 12.5. The Labute approximate surface area is 156 Å². The summed E-state index contributed by atoms with van der Waals surface area (Å²) in [6.07, 6.45) is 0. The van der Waals surface area contributed by atoms with Crippen molar-refractivity contribution in [1.29, 1.82) is 0 Å². The lowest BCUT2D eigenvalue weighted by atomic mass is 10.3. The number of nitrogens with one attached hydrogen (secondary N) is 1. The van der Waals surface area contributed by atoms with Crippen LogP contribution in [-0.2, 0) is 9.53 Å². The van der Waals surface area contributed by atoms with Gasteiger partial charge in [-0.3, -0.25) is 9.69 Å². The summed E-state index contributed by atoms with van der Waals surface area (Å²) in [6, 6.07) is 3.56. The first-order valence-corrected chi connectivity index (χ1v) is 8.99. The van der Waals surface area contributed by atoms with Crippen LogP contribution >= 0.6 is 11.6 Å². The smallest absolute Gasteiger partial charge is 0.321 e. The minimum Gasteiger partial charge on any atom is -0.378 e. The van der Waals surface area contributed by atoms with E-state index in [0.717, 1.165) is 6.07 Å². The molecule has 1 aromatic rings. The molecule has 2 heterocycles. The van der Waals surface area contributed by atoms with Gasteiger partial charge in [-0.2, -0.15) is 0 Å². The van der Waals surface area contributed by atoms with Crippen LogP contribution in [0.1, 0.15) is 0 Å². The fourth-order valence-electron chi connectivity index (χ4n) is 3.00. The fourth-order valence-corrected chi connectivity index (χ4v) is 3.21. The Morgan fingerprint density at radius 2 is 1.77 bits per heavy atom. The molecule has 1 aromatic carbocycles. The zero-order chi connectivity index (χ0) is 18.5. The summed E-state index contributed by atoms with van der Waals surface area (Å²) in [5.74, 6) is -0.351. The van der Waals surface area contributed by atoms with Gasteiger partial charge in [-0.1, -0.05) is 11.6 Å². The summed E-state index contributed by atoms with van der Waals surface area (Å²) in [4.78, 5) is 30.1. The zero-order valence-electron chi connectivity index (χ0n) is 14.4. The summed E-state index contributed by atoms with van der Waals surface area (Å²) in [5.41, 5.74) is 0.378. The summed E-state index contributed by atoms with van der Waals surface area (Å²) in [5, 5.41) is 2.86. The lowest BCUT2D eigenvalue weighted by molar-refractivity contribution is -0.136. The normalized spacial score (nSPS) is 18.7. The van der Waals surface area contributed by atoms with Crippen molar-refractivity contribution in [1.82, 2.24) is 14.7 Å². The number of carbonyl (C=O) groups is 2. The number of carbonyl (C=O) groups excluding carboxylic acids is 2. The molecule has 0 bridgehead atoms. The van der Waals surface area contributed by atoms with Crippen molar-refractivity contribution in [2.45, 2.75) is 0 Å². The lowest BCUT2D eigenvalue weighted by Crippen LogP contribution is -2.53. The second-order valence-corrected chi connectivity index (χ2v) is 6.72. The van der Waals surface area contributed by atoms with Gasteiger partial charge in [0.05, 0.1) is 30.5 Å². The van der Waals surface area contributed by atoms with Crippen LogP contribution in [0.5, 0.6) is 0 Å². The molecular weight excluding hydrogens is 363 g/mol. The van der Waals surface area contributed by atoms with E-state index in [1.165, 1.54) is 12.1 Å². The van der Waals surface area contributed by atoms with E-state index in [1.54, 1.807) is 4.90 Å². The highest BCUT2D eigenvalue weighted by atomic mass is 35.5. The van der Waals surface area contributed by atoms with Gasteiger partial charge in [0.15, 0.2) is 0 Å². The molecule has 0 spiro atoms. The van der Waals surface area contributed by atoms with Crippen molar-refractivity contribution >= 4 is 29.2 Å². The summed E-state index contributed by atoms with van der Waals surface area (Å²) >= 11 is 5.93. The van der Waals surface area contributed by atoms with Crippen LogP contribution in [0.2, 0.25) is 5.02 Å². The summed E-state index contributed by atoms with van der Waals surface area (Å²) in [6.45, 7) is 5.10. The molecule has 142 valence electrons. The van der Waals surface area contributed by atoms with Crippen molar-refractivity contribution in [3.05, 3.63) is 29.0 Å². The number of nitrogens with zero attached hydrogens (tertiary/aromatic N) is 3. The van der Waals surface area contributed by atoms with E-state index in [0.29, 0.717) is 64.7 Å². The molecule has 0 aromatic heterocycles. The summed E-state index contributed by atoms with van der Waals surface area (Å²) < 4.78 is 18.3. The molecule has 2 aliphatic heterocycles. The molecule has 0 saturated carbocycles. The molecule has 9 heteroatoms. The molecule has 2 aliphatic rings. The maximum Gasteiger partial charge on any atom is 0.321 e. The second kappa shape index (κ2) is 8.66. The number of ether oxygens (including phenoxy) is 1. The number of hydrogen-bond acceptors (Lipinski definition) is 4. The molecule has 3 amide bonds. The second-order valence-electron chi connectivity index (χ2n) is 6.31. The third-order valence-electron chi connectivity index (χ3n) is 4.55. The topological polar surface area (TPSA) is 65.1 Å². The molecular formula is C17H22ClFN4O3. The minimum atomic E-state index is -0.452. The molecule has 2 fully saturated rings. The highest BCUT2D eigenvalue weighted by molar-refractivity contribution is 6.33. The maximum absolute atomic E-state index is 13.1. The van der Waals surface area contributed by atoms with Gasteiger partial charge in [0.2, 0.25) is 5.91 Å². The Bertz CT molecular complexity index is 661. The number of anilines is 1. The third kappa shape index (κ3) is 4.84. The van der Waals surface area contributed by atoms with Crippen LogP contribution in [0.4, 0.5) is 14.9 Å².